The predicted octanol–water partition coefficient (Wildman–Crippen LogP) is 3.15. The molecule has 0 unspecified atom stereocenters. The number of carbonyl (C=O) groups is 1. The third kappa shape index (κ3) is 3.28. The summed E-state index contributed by atoms with van der Waals surface area (Å²) in [5.41, 5.74) is 0.133. The second kappa shape index (κ2) is 3.60. The molecule has 1 rings (SSSR count). The quantitative estimate of drug-likeness (QED) is 0.651. The minimum atomic E-state index is 0.133. The lowest BCUT2D eigenvalue weighted by Gasteiger charge is -2.10. The summed E-state index contributed by atoms with van der Waals surface area (Å²) < 4.78 is 5.17. The summed E-state index contributed by atoms with van der Waals surface area (Å²) in [6.45, 7) is 6.31. The molecule has 0 aliphatic rings. The summed E-state index contributed by atoms with van der Waals surface area (Å²) >= 11 is 0. The van der Waals surface area contributed by atoms with E-state index in [0.717, 1.165) is 5.76 Å². The summed E-state index contributed by atoms with van der Waals surface area (Å²) in [4.78, 5) is 10.3. The van der Waals surface area contributed by atoms with Crippen LogP contribution in [0.1, 0.15) is 37.1 Å². The highest BCUT2D eigenvalue weighted by molar-refractivity contribution is 5.71. The van der Waals surface area contributed by atoms with E-state index >= 15 is 0 Å². The molecule has 0 saturated carbocycles. The number of allylic oxidation sites excluding steroid dienone is 1. The molecule has 1 aromatic rings. The first kappa shape index (κ1) is 9.78. The molecular formula is C11H14O2. The van der Waals surface area contributed by atoms with Crippen LogP contribution in [0.3, 0.4) is 0 Å². The van der Waals surface area contributed by atoms with Gasteiger partial charge < -0.3 is 4.42 Å². The molecule has 0 atom stereocenters. The fourth-order valence-electron chi connectivity index (χ4n) is 0.853. The number of hydrogen-bond donors (Lipinski definition) is 0. The maximum Gasteiger partial charge on any atom is 0.185 e. The van der Waals surface area contributed by atoms with Crippen LogP contribution in [0.15, 0.2) is 22.6 Å². The Kier molecular flexibility index (Phi) is 2.71. The van der Waals surface area contributed by atoms with Gasteiger partial charge in [0, 0.05) is 0 Å². The average Bonchev–Trinajstić information content (AvgIpc) is 2.47. The highest BCUT2D eigenvalue weighted by Crippen LogP contribution is 2.17. The van der Waals surface area contributed by atoms with Crippen molar-refractivity contribution in [1.29, 1.82) is 0 Å². The van der Waals surface area contributed by atoms with E-state index in [0.29, 0.717) is 12.0 Å². The zero-order chi connectivity index (χ0) is 9.90. The first-order valence-corrected chi connectivity index (χ1v) is 4.25. The lowest BCUT2D eigenvalue weighted by atomic mass is 9.96. The Balaban J connectivity index is 2.74. The number of aldehydes is 1. The summed E-state index contributed by atoms with van der Waals surface area (Å²) in [5, 5.41) is 0. The van der Waals surface area contributed by atoms with Gasteiger partial charge in [0.15, 0.2) is 12.0 Å². The standard InChI is InChI=1S/C11H14O2/c1-11(2,3)7-6-9-4-5-10(8-12)13-9/h4-8H,1-3H3/b7-6+. The molecule has 0 bridgehead atoms. The summed E-state index contributed by atoms with van der Waals surface area (Å²) in [7, 11) is 0. The topological polar surface area (TPSA) is 30.2 Å². The molecule has 0 spiro atoms. The molecule has 0 amide bonds. The number of hydrogen-bond acceptors (Lipinski definition) is 2. The molecule has 2 heteroatoms. The molecule has 0 saturated heterocycles. The molecule has 1 aromatic heterocycles. The van der Waals surface area contributed by atoms with Crippen LogP contribution < -0.4 is 0 Å². The normalized spacial score (nSPS) is 12.2. The van der Waals surface area contributed by atoms with Gasteiger partial charge in [-0.1, -0.05) is 26.8 Å². The van der Waals surface area contributed by atoms with Crippen LogP contribution in [0.4, 0.5) is 0 Å². The molecular weight excluding hydrogens is 164 g/mol. The number of rotatable bonds is 2. The van der Waals surface area contributed by atoms with E-state index in [1.165, 1.54) is 0 Å². The molecule has 0 fully saturated rings. The van der Waals surface area contributed by atoms with Crippen molar-refractivity contribution in [3.63, 3.8) is 0 Å². The monoisotopic (exact) mass is 178 g/mol. The second-order valence-electron chi connectivity index (χ2n) is 4.06. The van der Waals surface area contributed by atoms with Gasteiger partial charge in [-0.2, -0.15) is 0 Å². The molecule has 2 nitrogen and oxygen atoms in total. The van der Waals surface area contributed by atoms with Crippen molar-refractivity contribution in [3.05, 3.63) is 29.7 Å². The molecule has 0 aromatic carbocycles. The van der Waals surface area contributed by atoms with E-state index in [9.17, 15) is 4.79 Å². The van der Waals surface area contributed by atoms with Gasteiger partial charge >= 0.3 is 0 Å². The van der Waals surface area contributed by atoms with E-state index in [1.807, 2.05) is 12.2 Å². The highest BCUT2D eigenvalue weighted by Gasteiger charge is 2.04. The minimum absolute atomic E-state index is 0.133. The van der Waals surface area contributed by atoms with E-state index in [1.54, 1.807) is 12.1 Å². The fourth-order valence-corrected chi connectivity index (χ4v) is 0.853. The molecule has 13 heavy (non-hydrogen) atoms. The van der Waals surface area contributed by atoms with Gasteiger partial charge in [0.1, 0.15) is 5.76 Å². The average molecular weight is 178 g/mol. The van der Waals surface area contributed by atoms with Crippen molar-refractivity contribution < 1.29 is 9.21 Å². The van der Waals surface area contributed by atoms with E-state index in [2.05, 4.69) is 20.8 Å². The van der Waals surface area contributed by atoms with E-state index in [4.69, 9.17) is 4.42 Å². The second-order valence-corrected chi connectivity index (χ2v) is 4.06. The number of carbonyl (C=O) groups excluding carboxylic acids is 1. The van der Waals surface area contributed by atoms with E-state index in [-0.39, 0.29) is 5.41 Å². The van der Waals surface area contributed by atoms with Gasteiger partial charge in [0.05, 0.1) is 0 Å². The highest BCUT2D eigenvalue weighted by atomic mass is 16.3. The Morgan fingerprint density at radius 1 is 1.23 bits per heavy atom. The van der Waals surface area contributed by atoms with Crippen LogP contribution in [-0.4, -0.2) is 6.29 Å². The lowest BCUT2D eigenvalue weighted by molar-refractivity contribution is 0.110. The Labute approximate surface area is 78.3 Å². The van der Waals surface area contributed by atoms with Gasteiger partial charge in [-0.25, -0.2) is 0 Å². The summed E-state index contributed by atoms with van der Waals surface area (Å²) in [6, 6.07) is 3.45. The SMILES string of the molecule is CC(C)(C)/C=C/c1ccc(C=O)o1. The van der Waals surface area contributed by atoms with Crippen LogP contribution in [0, 0.1) is 5.41 Å². The molecule has 0 radical (unpaired) electrons. The van der Waals surface area contributed by atoms with Crippen LogP contribution in [0.25, 0.3) is 6.08 Å². The predicted molar refractivity (Wildman–Crippen MR) is 52.6 cm³/mol. The van der Waals surface area contributed by atoms with Crippen molar-refractivity contribution >= 4 is 12.4 Å². The van der Waals surface area contributed by atoms with Crippen LogP contribution in [0.2, 0.25) is 0 Å². The molecule has 0 aliphatic heterocycles. The lowest BCUT2D eigenvalue weighted by Crippen LogP contribution is -1.97. The third-order valence-corrected chi connectivity index (χ3v) is 1.51. The Morgan fingerprint density at radius 2 is 1.85 bits per heavy atom. The first-order chi connectivity index (χ1) is 6.01. The van der Waals surface area contributed by atoms with Crippen molar-refractivity contribution in [2.45, 2.75) is 20.8 Å². The van der Waals surface area contributed by atoms with Crippen LogP contribution in [-0.2, 0) is 0 Å². The zero-order valence-electron chi connectivity index (χ0n) is 8.20. The van der Waals surface area contributed by atoms with E-state index < -0.39 is 0 Å². The van der Waals surface area contributed by atoms with Gasteiger partial charge in [0.2, 0.25) is 0 Å². The Bertz CT molecular complexity index is 313. The molecule has 0 aliphatic carbocycles. The van der Waals surface area contributed by atoms with Crippen molar-refractivity contribution in [1.82, 2.24) is 0 Å². The van der Waals surface area contributed by atoms with Gasteiger partial charge in [-0.15, -0.1) is 0 Å². The largest absolute Gasteiger partial charge is 0.454 e. The number of furan rings is 1. The maximum atomic E-state index is 10.3. The van der Waals surface area contributed by atoms with Crippen molar-refractivity contribution in [3.8, 4) is 0 Å². The smallest absolute Gasteiger partial charge is 0.185 e. The Morgan fingerprint density at radius 3 is 2.31 bits per heavy atom. The van der Waals surface area contributed by atoms with Gasteiger partial charge in [-0.05, 0) is 23.6 Å². The van der Waals surface area contributed by atoms with Gasteiger partial charge in [-0.3, -0.25) is 4.79 Å². The summed E-state index contributed by atoms with van der Waals surface area (Å²) in [6.07, 6.45) is 4.63. The molecule has 70 valence electrons. The maximum absolute atomic E-state index is 10.3. The van der Waals surface area contributed by atoms with Crippen molar-refractivity contribution in [2.24, 2.45) is 5.41 Å². The van der Waals surface area contributed by atoms with Crippen molar-refractivity contribution in [2.75, 3.05) is 0 Å². The Hall–Kier alpha value is -1.31. The minimum Gasteiger partial charge on any atom is -0.454 e. The van der Waals surface area contributed by atoms with Crippen LogP contribution in [0.5, 0.6) is 0 Å². The van der Waals surface area contributed by atoms with Crippen LogP contribution >= 0.6 is 0 Å². The molecule has 0 N–H and O–H groups in total. The van der Waals surface area contributed by atoms with Gasteiger partial charge in [0.25, 0.3) is 0 Å². The zero-order valence-corrected chi connectivity index (χ0v) is 8.20. The summed E-state index contributed by atoms with van der Waals surface area (Å²) in [5.74, 6) is 1.09. The third-order valence-electron chi connectivity index (χ3n) is 1.51. The molecule has 1 heterocycles. The fraction of sp³-hybridized carbons (Fsp3) is 0.364. The first-order valence-electron chi connectivity index (χ1n) is 4.25.